The zero-order valence-corrected chi connectivity index (χ0v) is 7.27. The zero-order valence-electron chi connectivity index (χ0n) is 7.27. The maximum Gasteiger partial charge on any atom is 0.223 e. The molecule has 1 N–H and O–H groups in total. The first-order valence-electron chi connectivity index (χ1n) is 3.87. The minimum Gasteiger partial charge on any atom is -0.356 e. The van der Waals surface area contributed by atoms with Crippen molar-refractivity contribution in [3.05, 3.63) is 0 Å². The van der Waals surface area contributed by atoms with Crippen molar-refractivity contribution in [2.75, 3.05) is 6.54 Å². The summed E-state index contributed by atoms with van der Waals surface area (Å²) in [6.07, 6.45) is 0. The second-order valence-electron chi connectivity index (χ2n) is 2.93. The Balaban J connectivity index is 3.71. The normalized spacial score (nSPS) is 13.3. The lowest BCUT2D eigenvalue weighted by Crippen LogP contribution is -2.31. The van der Waals surface area contributed by atoms with E-state index in [-0.39, 0.29) is 11.8 Å². The molecule has 0 aromatic carbocycles. The molecular weight excluding hydrogens is 126 g/mol. The predicted molar refractivity (Wildman–Crippen MR) is 42.7 cm³/mol. The first-order chi connectivity index (χ1) is 4.59. The number of amides is 1. The van der Waals surface area contributed by atoms with Crippen LogP contribution in [0.25, 0.3) is 0 Å². The Morgan fingerprint density at radius 2 is 1.90 bits per heavy atom. The van der Waals surface area contributed by atoms with Crippen molar-refractivity contribution in [1.82, 2.24) is 5.32 Å². The van der Waals surface area contributed by atoms with E-state index in [1.807, 2.05) is 13.8 Å². The summed E-state index contributed by atoms with van der Waals surface area (Å²) in [5, 5.41) is 2.79. The van der Waals surface area contributed by atoms with Gasteiger partial charge in [-0.3, -0.25) is 4.79 Å². The third kappa shape index (κ3) is 2.85. The van der Waals surface area contributed by atoms with Gasteiger partial charge in [-0.05, 0) is 12.8 Å². The second kappa shape index (κ2) is 4.31. The lowest BCUT2D eigenvalue weighted by Gasteiger charge is -2.13. The van der Waals surface area contributed by atoms with Gasteiger partial charge in [0.05, 0.1) is 0 Å². The predicted octanol–water partition coefficient (Wildman–Crippen LogP) is 1.41. The van der Waals surface area contributed by atoms with E-state index in [0.29, 0.717) is 5.92 Å². The number of hydrogen-bond acceptors (Lipinski definition) is 1. The Bertz CT molecular complexity index is 110. The average molecular weight is 143 g/mol. The fraction of sp³-hybridized carbons (Fsp3) is 0.875. The summed E-state index contributed by atoms with van der Waals surface area (Å²) < 4.78 is 0. The van der Waals surface area contributed by atoms with Gasteiger partial charge in [0.15, 0.2) is 0 Å². The maximum atomic E-state index is 11.1. The van der Waals surface area contributed by atoms with E-state index >= 15 is 0 Å². The molecule has 1 atom stereocenters. The molecule has 60 valence electrons. The molecule has 0 heterocycles. The van der Waals surface area contributed by atoms with E-state index in [0.717, 1.165) is 6.54 Å². The molecule has 0 aliphatic heterocycles. The van der Waals surface area contributed by atoms with Crippen LogP contribution in [0.1, 0.15) is 27.7 Å². The van der Waals surface area contributed by atoms with Crippen LogP contribution in [0.4, 0.5) is 0 Å². The molecular formula is C8H17NO. The Morgan fingerprint density at radius 3 is 2.20 bits per heavy atom. The van der Waals surface area contributed by atoms with Gasteiger partial charge in [-0.2, -0.15) is 0 Å². The molecule has 0 aromatic heterocycles. The van der Waals surface area contributed by atoms with Crippen molar-refractivity contribution in [2.24, 2.45) is 11.8 Å². The molecule has 2 nitrogen and oxygen atoms in total. The number of hydrogen-bond donors (Lipinski definition) is 1. The van der Waals surface area contributed by atoms with Crippen LogP contribution in [0, 0.1) is 11.8 Å². The van der Waals surface area contributed by atoms with E-state index in [1.54, 1.807) is 0 Å². The van der Waals surface area contributed by atoms with E-state index < -0.39 is 0 Å². The van der Waals surface area contributed by atoms with Crippen LogP contribution in [0.5, 0.6) is 0 Å². The van der Waals surface area contributed by atoms with Gasteiger partial charge in [0.25, 0.3) is 0 Å². The lowest BCUT2D eigenvalue weighted by molar-refractivity contribution is -0.125. The van der Waals surface area contributed by atoms with E-state index in [2.05, 4.69) is 19.2 Å². The smallest absolute Gasteiger partial charge is 0.223 e. The third-order valence-corrected chi connectivity index (χ3v) is 1.76. The topological polar surface area (TPSA) is 29.1 Å². The van der Waals surface area contributed by atoms with Crippen LogP contribution in [0.3, 0.4) is 0 Å². The number of carbonyl (C=O) groups excluding carboxylic acids is 1. The summed E-state index contributed by atoms with van der Waals surface area (Å²) in [5.41, 5.74) is 0. The highest BCUT2D eigenvalue weighted by atomic mass is 16.1. The molecule has 0 unspecified atom stereocenters. The van der Waals surface area contributed by atoms with Gasteiger partial charge >= 0.3 is 0 Å². The van der Waals surface area contributed by atoms with E-state index in [1.165, 1.54) is 0 Å². The Labute approximate surface area is 63.0 Å². The standard InChI is InChI=1S/C8H17NO/c1-5-9-8(10)7(4)6(2)3/h6-7H,5H2,1-4H3,(H,9,10)/t7-/m0/s1. The second-order valence-corrected chi connectivity index (χ2v) is 2.93. The highest BCUT2D eigenvalue weighted by molar-refractivity contribution is 5.78. The molecule has 0 radical (unpaired) electrons. The zero-order chi connectivity index (χ0) is 8.15. The van der Waals surface area contributed by atoms with Crippen molar-refractivity contribution in [2.45, 2.75) is 27.7 Å². The molecule has 0 spiro atoms. The summed E-state index contributed by atoms with van der Waals surface area (Å²) in [4.78, 5) is 11.1. The van der Waals surface area contributed by atoms with Crippen LogP contribution in [-0.2, 0) is 4.79 Å². The SMILES string of the molecule is CCNC(=O)[C@@H](C)C(C)C. The molecule has 0 saturated carbocycles. The van der Waals surface area contributed by atoms with Gasteiger partial charge in [-0.1, -0.05) is 20.8 Å². The van der Waals surface area contributed by atoms with Crippen molar-refractivity contribution >= 4 is 5.91 Å². The van der Waals surface area contributed by atoms with Gasteiger partial charge < -0.3 is 5.32 Å². The van der Waals surface area contributed by atoms with Crippen LogP contribution in [-0.4, -0.2) is 12.5 Å². The highest BCUT2D eigenvalue weighted by Crippen LogP contribution is 2.08. The number of nitrogens with one attached hydrogen (secondary N) is 1. The van der Waals surface area contributed by atoms with Crippen LogP contribution >= 0.6 is 0 Å². The van der Waals surface area contributed by atoms with Crippen molar-refractivity contribution in [1.29, 1.82) is 0 Å². The molecule has 0 saturated heterocycles. The van der Waals surface area contributed by atoms with Crippen molar-refractivity contribution in [3.63, 3.8) is 0 Å². The summed E-state index contributed by atoms with van der Waals surface area (Å²) >= 11 is 0. The minimum absolute atomic E-state index is 0.139. The summed E-state index contributed by atoms with van der Waals surface area (Å²) in [6, 6.07) is 0. The molecule has 0 aromatic rings. The van der Waals surface area contributed by atoms with Gasteiger partial charge in [0.2, 0.25) is 5.91 Å². The Morgan fingerprint density at radius 1 is 1.40 bits per heavy atom. The van der Waals surface area contributed by atoms with E-state index in [9.17, 15) is 4.79 Å². The van der Waals surface area contributed by atoms with E-state index in [4.69, 9.17) is 0 Å². The third-order valence-electron chi connectivity index (χ3n) is 1.76. The summed E-state index contributed by atoms with van der Waals surface area (Å²) in [6.45, 7) is 8.73. The molecule has 2 heteroatoms. The molecule has 1 amide bonds. The molecule has 10 heavy (non-hydrogen) atoms. The largest absolute Gasteiger partial charge is 0.356 e. The van der Waals surface area contributed by atoms with Crippen molar-refractivity contribution < 1.29 is 4.79 Å². The van der Waals surface area contributed by atoms with Crippen molar-refractivity contribution in [3.8, 4) is 0 Å². The van der Waals surface area contributed by atoms with Gasteiger partial charge in [-0.15, -0.1) is 0 Å². The first kappa shape index (κ1) is 9.47. The van der Waals surface area contributed by atoms with Gasteiger partial charge in [0.1, 0.15) is 0 Å². The average Bonchev–Trinajstić information content (AvgIpc) is 1.87. The minimum atomic E-state index is 0.139. The van der Waals surface area contributed by atoms with Crippen LogP contribution in [0.15, 0.2) is 0 Å². The first-order valence-corrected chi connectivity index (χ1v) is 3.87. The molecule has 0 fully saturated rings. The fourth-order valence-corrected chi connectivity index (χ4v) is 0.638. The summed E-state index contributed by atoms with van der Waals surface area (Å²) in [5.74, 6) is 0.740. The number of carbonyl (C=O) groups is 1. The van der Waals surface area contributed by atoms with Crippen LogP contribution < -0.4 is 5.32 Å². The molecule has 0 rings (SSSR count). The van der Waals surface area contributed by atoms with Gasteiger partial charge in [-0.25, -0.2) is 0 Å². The van der Waals surface area contributed by atoms with Crippen LogP contribution in [0.2, 0.25) is 0 Å². The lowest BCUT2D eigenvalue weighted by atomic mass is 9.97. The quantitative estimate of drug-likeness (QED) is 0.636. The maximum absolute atomic E-state index is 11.1. The van der Waals surface area contributed by atoms with Gasteiger partial charge in [0, 0.05) is 12.5 Å². The Kier molecular flexibility index (Phi) is 4.08. The molecule has 0 bridgehead atoms. The fourth-order valence-electron chi connectivity index (χ4n) is 0.638. The number of rotatable bonds is 3. The highest BCUT2D eigenvalue weighted by Gasteiger charge is 2.14. The Hall–Kier alpha value is -0.530. The molecule has 0 aliphatic carbocycles. The monoisotopic (exact) mass is 143 g/mol. The summed E-state index contributed by atoms with van der Waals surface area (Å²) in [7, 11) is 0. The molecule has 0 aliphatic rings.